The molecule has 10 heterocycles. The van der Waals surface area contributed by atoms with E-state index in [0.29, 0.717) is 5.54 Å². The average Bonchev–Trinajstić information content (AvgIpc) is 1.63. The number of likely N-dealkylation sites (N-methyl/N-ethyl adjacent to an activating group) is 5. The predicted octanol–water partition coefficient (Wildman–Crippen LogP) is 22.1. The molecule has 8 saturated heterocycles. The number of ether oxygens (including phenoxy) is 1. The molecular weight excluding hydrogens is 1190 g/mol. The van der Waals surface area contributed by atoms with Crippen LogP contribution in [0.25, 0.3) is 0 Å². The fourth-order valence-corrected chi connectivity index (χ4v) is 10.7. The van der Waals surface area contributed by atoms with Gasteiger partial charge in [0.1, 0.15) is 5.54 Å². The summed E-state index contributed by atoms with van der Waals surface area (Å²) in [5.41, 5.74) is 0.343. The van der Waals surface area contributed by atoms with Gasteiger partial charge in [-0.1, -0.05) is 262 Å². The highest BCUT2D eigenvalue weighted by Gasteiger charge is 2.42. The third-order valence-electron chi connectivity index (χ3n) is 17.1. The van der Waals surface area contributed by atoms with E-state index in [4.69, 9.17) is 4.74 Å². The molecule has 8 fully saturated rings. The lowest BCUT2D eigenvalue weighted by Gasteiger charge is -2.28. The molecule has 0 aromatic carbocycles. The number of nitrogens with zero attached hydrogens (tertiary/aromatic N) is 11. The van der Waals surface area contributed by atoms with Crippen molar-refractivity contribution < 1.29 is 4.74 Å². The normalized spacial score (nSPS) is 20.2. The summed E-state index contributed by atoms with van der Waals surface area (Å²) in [4.78, 5) is 29.0. The highest BCUT2D eigenvalue weighted by atomic mass is 16.5. The lowest BCUT2D eigenvalue weighted by atomic mass is 9.99. The Morgan fingerprint density at radius 2 is 0.608 bits per heavy atom. The molecule has 0 aliphatic carbocycles. The summed E-state index contributed by atoms with van der Waals surface area (Å²) in [6, 6.07) is 0. The van der Waals surface area contributed by atoms with Crippen molar-refractivity contribution in [3.05, 3.63) is 12.2 Å². The quantitative estimate of drug-likeness (QED) is 0.208. The van der Waals surface area contributed by atoms with E-state index in [-0.39, 0.29) is 37.1 Å². The molecule has 10 rings (SSSR count). The van der Waals surface area contributed by atoms with Gasteiger partial charge in [-0.2, -0.15) is 0 Å². The molecule has 97 heavy (non-hydrogen) atoms. The van der Waals surface area contributed by atoms with E-state index in [9.17, 15) is 0 Å². The molecular formula is C85H203N11O. The summed E-state index contributed by atoms with van der Waals surface area (Å²) in [5.74, 6) is 0.979. The van der Waals surface area contributed by atoms with Crippen LogP contribution in [0.15, 0.2) is 17.1 Å². The topological polar surface area (TPSA) is 54.0 Å². The third-order valence-corrected chi connectivity index (χ3v) is 17.1. The third kappa shape index (κ3) is 82.1. The maximum absolute atomic E-state index is 5.16. The summed E-state index contributed by atoms with van der Waals surface area (Å²) >= 11 is 0. The summed E-state index contributed by atoms with van der Waals surface area (Å²) in [7, 11) is 2.21. The van der Waals surface area contributed by atoms with E-state index < -0.39 is 0 Å². The van der Waals surface area contributed by atoms with E-state index >= 15 is 0 Å². The molecule has 0 saturated carbocycles. The molecule has 10 aliphatic rings. The first kappa shape index (κ1) is 126. The van der Waals surface area contributed by atoms with Crippen molar-refractivity contribution in [3.63, 3.8) is 0 Å². The van der Waals surface area contributed by atoms with Crippen LogP contribution < -0.4 is 0 Å². The van der Waals surface area contributed by atoms with E-state index in [1.807, 2.05) is 125 Å². The largest absolute Gasteiger partial charge is 0.379 e. The van der Waals surface area contributed by atoms with Gasteiger partial charge in [-0.05, 0) is 227 Å². The van der Waals surface area contributed by atoms with Gasteiger partial charge in [0, 0.05) is 58.6 Å². The minimum atomic E-state index is 0. The lowest BCUT2D eigenvalue weighted by Crippen LogP contribution is -2.36. The van der Waals surface area contributed by atoms with Crippen LogP contribution in [0.5, 0.6) is 0 Å². The van der Waals surface area contributed by atoms with Gasteiger partial charge < -0.3 is 43.9 Å². The number of piperidine rings is 2. The van der Waals surface area contributed by atoms with E-state index in [1.54, 1.807) is 0 Å². The smallest absolute Gasteiger partial charge is 0.109 e. The van der Waals surface area contributed by atoms with Gasteiger partial charge in [0.05, 0.1) is 13.2 Å². The first-order valence-corrected chi connectivity index (χ1v) is 41.1. The maximum Gasteiger partial charge on any atom is 0.109 e. The van der Waals surface area contributed by atoms with Gasteiger partial charge in [-0.15, -0.1) is 0 Å². The molecule has 0 aromatic rings. The molecule has 604 valence electrons. The number of hydrogen-bond donors (Lipinski definition) is 0. The zero-order valence-electron chi connectivity index (χ0n) is 69.7. The van der Waals surface area contributed by atoms with Crippen molar-refractivity contribution >= 4 is 6.21 Å². The van der Waals surface area contributed by atoms with Gasteiger partial charge in [0.15, 0.2) is 0 Å². The van der Waals surface area contributed by atoms with Crippen LogP contribution in [0.1, 0.15) is 327 Å². The SMILES string of the molecule is C.C.C.C.C.CC.CC.CC.CC.CC.CC.CC.CC.CC.CCN1CC=CCC1.CCN1CCC(C)CC1.CCN1CCC1.CCN1CCC2(C=N2)C1.CCN1CCCC1.CCN1CCCCC1.CCN1CCCCCC1.CCN1CCCN(C)CC1.CCN1CCOCC1. The molecule has 1 spiro atoms. The highest BCUT2D eigenvalue weighted by molar-refractivity contribution is 5.85. The fraction of sp³-hybridized carbons (Fsp3) is 0.965. The summed E-state index contributed by atoms with van der Waals surface area (Å²) in [6.45, 7) is 96.8. The van der Waals surface area contributed by atoms with Gasteiger partial charge in [-0.3, -0.25) is 14.8 Å². The standard InChI is InChI=1S/C8H18N2.2C8H17N.C7H12N2.C7H15N.C7H13N.C6H13NO.C6H13N.C5H11N.9C2H6.5CH4/c1-3-10-6-4-5-9(2)7-8-10;1-3-9-6-4-8(2)5-7-9;1-2-9-7-5-3-4-6-8-9;1-2-9-4-3-7(6-9)5-8-7;2*1-2-8-6-4-3-5-7-8;1-2-7-3-5-8-6-4-7;1-2-7-5-3-4-6-7;1-2-6-4-3-5-6;9*1-2;;;;;/h3-8H2,1-2H3;8H,3-7H2,1-2H3;2-8H2,1H3;5H,2-4,6H2,1H3;2-7H2,1H3;3-4H,2,5-7H2,1H3;2-6H2,1H3;2-6H2,1H3;2-5H2,1H3;9*1-2H3;5*1H4. The fourth-order valence-electron chi connectivity index (χ4n) is 10.7. The number of morpholine rings is 1. The first-order chi connectivity index (χ1) is 45.1. The summed E-state index contributed by atoms with van der Waals surface area (Å²) < 4.78 is 5.16. The summed E-state index contributed by atoms with van der Waals surface area (Å²) in [5, 5.41) is 0. The molecule has 0 bridgehead atoms. The van der Waals surface area contributed by atoms with Crippen LogP contribution in [-0.4, -0.2) is 271 Å². The van der Waals surface area contributed by atoms with Crippen molar-refractivity contribution in [2.75, 3.05) is 210 Å². The Morgan fingerprint density at radius 3 is 0.876 bits per heavy atom. The zero-order valence-corrected chi connectivity index (χ0v) is 69.7. The van der Waals surface area contributed by atoms with Crippen LogP contribution in [-0.2, 0) is 4.74 Å². The Balaban J connectivity index is -0.0000000719. The number of hydrogen-bond acceptors (Lipinski definition) is 12. The van der Waals surface area contributed by atoms with Crippen LogP contribution in [0.4, 0.5) is 0 Å². The van der Waals surface area contributed by atoms with Crippen LogP contribution in [0.2, 0.25) is 0 Å². The van der Waals surface area contributed by atoms with E-state index in [1.165, 1.54) is 266 Å². The molecule has 0 amide bonds. The van der Waals surface area contributed by atoms with Crippen molar-refractivity contribution in [1.29, 1.82) is 0 Å². The van der Waals surface area contributed by atoms with E-state index in [0.717, 1.165) is 38.8 Å². The van der Waals surface area contributed by atoms with Crippen LogP contribution in [0, 0.1) is 5.92 Å². The number of rotatable bonds is 9. The van der Waals surface area contributed by atoms with Gasteiger partial charge in [-0.25, -0.2) is 0 Å². The van der Waals surface area contributed by atoms with Crippen LogP contribution in [0.3, 0.4) is 0 Å². The Morgan fingerprint density at radius 1 is 0.320 bits per heavy atom. The second-order valence-electron chi connectivity index (χ2n) is 22.7. The molecule has 0 N–H and O–H groups in total. The number of aliphatic imine (C=N–C) groups is 1. The first-order valence-electron chi connectivity index (χ1n) is 41.1. The Kier molecular flexibility index (Phi) is 137. The Hall–Kier alpha value is -1.03. The Bertz CT molecular complexity index is 1240. The van der Waals surface area contributed by atoms with Crippen molar-refractivity contribution in [3.8, 4) is 0 Å². The monoisotopic (exact) mass is 1390 g/mol. The van der Waals surface area contributed by atoms with Gasteiger partial charge >= 0.3 is 0 Å². The average molecular weight is 1400 g/mol. The van der Waals surface area contributed by atoms with Gasteiger partial charge in [0.25, 0.3) is 0 Å². The second-order valence-corrected chi connectivity index (χ2v) is 22.7. The molecule has 12 nitrogen and oxygen atoms in total. The van der Waals surface area contributed by atoms with Crippen molar-refractivity contribution in [1.82, 2.24) is 49.0 Å². The zero-order chi connectivity index (χ0) is 71.9. The highest BCUT2D eigenvalue weighted by Crippen LogP contribution is 2.31. The second kappa shape index (κ2) is 106. The molecule has 1 unspecified atom stereocenters. The van der Waals surface area contributed by atoms with Crippen LogP contribution >= 0.6 is 0 Å². The lowest BCUT2D eigenvalue weighted by molar-refractivity contribution is 0.0405. The molecule has 10 aliphatic heterocycles. The molecule has 12 heteroatoms. The minimum absolute atomic E-state index is 0. The minimum Gasteiger partial charge on any atom is -0.379 e. The predicted molar refractivity (Wildman–Crippen MR) is 462 cm³/mol. The van der Waals surface area contributed by atoms with Gasteiger partial charge in [0.2, 0.25) is 0 Å². The Labute approximate surface area is 622 Å². The van der Waals surface area contributed by atoms with Crippen molar-refractivity contribution in [2.45, 2.75) is 333 Å². The van der Waals surface area contributed by atoms with Crippen molar-refractivity contribution in [2.24, 2.45) is 10.9 Å². The molecule has 0 aromatic heterocycles. The maximum atomic E-state index is 5.16. The molecule has 1 atom stereocenters. The summed E-state index contributed by atoms with van der Waals surface area (Å²) in [6.07, 6.45) is 27.6. The van der Waals surface area contributed by atoms with E-state index in [2.05, 4.69) is 149 Å². The number of likely N-dealkylation sites (tertiary alicyclic amines) is 6. The molecule has 0 radical (unpaired) electrons.